The maximum Gasteiger partial charge on any atom is 0.336 e. The minimum atomic E-state index is -1.26. The highest BCUT2D eigenvalue weighted by Gasteiger charge is 2.39. The number of aliphatic imine (C=N–C) groups is 1. The van der Waals surface area contributed by atoms with Crippen molar-refractivity contribution in [3.8, 4) is 0 Å². The molecule has 1 N–H and O–H groups in total. The minimum Gasteiger partial charge on any atom is -0.478 e. The number of halogens is 2. The van der Waals surface area contributed by atoms with Crippen LogP contribution in [0.4, 0.5) is 11.4 Å². The number of nitrogens with zero attached hydrogens (tertiary/aromatic N) is 2. The predicted molar refractivity (Wildman–Crippen MR) is 114 cm³/mol. The summed E-state index contributed by atoms with van der Waals surface area (Å²) in [4.78, 5) is 43.2. The van der Waals surface area contributed by atoms with Gasteiger partial charge in [-0.05, 0) is 36.4 Å². The van der Waals surface area contributed by atoms with Crippen molar-refractivity contribution in [3.05, 3.63) is 93.5 Å². The van der Waals surface area contributed by atoms with E-state index in [2.05, 4.69) is 4.99 Å². The summed E-state index contributed by atoms with van der Waals surface area (Å²) >= 11 is 12.1. The van der Waals surface area contributed by atoms with Crippen LogP contribution in [-0.4, -0.2) is 28.6 Å². The molecule has 0 saturated carbocycles. The summed E-state index contributed by atoms with van der Waals surface area (Å²) in [7, 11) is 0. The van der Waals surface area contributed by atoms with Gasteiger partial charge in [0.05, 0.1) is 27.5 Å². The monoisotopic (exact) mass is 438 g/mol. The Bertz CT molecular complexity index is 1250. The maximum absolute atomic E-state index is 13.2. The van der Waals surface area contributed by atoms with E-state index in [-0.39, 0.29) is 21.9 Å². The molecule has 0 saturated heterocycles. The SMILES string of the molecule is O=C(O)c1ccccc1C(=O)N1C(=O)C(=Nc2ccc(Cl)cc2Cl)c2ccccc21. The van der Waals surface area contributed by atoms with E-state index >= 15 is 0 Å². The zero-order chi connectivity index (χ0) is 21.4. The lowest BCUT2D eigenvalue weighted by molar-refractivity contribution is -0.111. The van der Waals surface area contributed by atoms with Crippen LogP contribution in [0.25, 0.3) is 0 Å². The molecule has 148 valence electrons. The molecule has 0 unspecified atom stereocenters. The van der Waals surface area contributed by atoms with Gasteiger partial charge in [-0.2, -0.15) is 0 Å². The molecule has 2 amide bonds. The van der Waals surface area contributed by atoms with Gasteiger partial charge in [-0.25, -0.2) is 14.7 Å². The van der Waals surface area contributed by atoms with E-state index in [0.29, 0.717) is 22.0 Å². The summed E-state index contributed by atoms with van der Waals surface area (Å²) in [5, 5.41) is 10.1. The highest BCUT2D eigenvalue weighted by molar-refractivity contribution is 6.59. The fraction of sp³-hybridized carbons (Fsp3) is 0. The molecule has 0 radical (unpaired) electrons. The summed E-state index contributed by atoms with van der Waals surface area (Å²) in [6.45, 7) is 0. The van der Waals surface area contributed by atoms with Crippen LogP contribution < -0.4 is 4.90 Å². The number of rotatable bonds is 3. The molecule has 1 heterocycles. The van der Waals surface area contributed by atoms with E-state index in [9.17, 15) is 19.5 Å². The first kappa shape index (κ1) is 19.8. The Kier molecular flexibility index (Phi) is 5.11. The van der Waals surface area contributed by atoms with Crippen molar-refractivity contribution in [2.75, 3.05) is 4.90 Å². The van der Waals surface area contributed by atoms with Gasteiger partial charge < -0.3 is 5.11 Å². The third-order valence-electron chi connectivity index (χ3n) is 4.54. The van der Waals surface area contributed by atoms with Gasteiger partial charge in [-0.1, -0.05) is 53.5 Å². The molecule has 3 aromatic carbocycles. The number of imide groups is 1. The Morgan fingerprint density at radius 1 is 0.900 bits per heavy atom. The first-order chi connectivity index (χ1) is 14.4. The van der Waals surface area contributed by atoms with E-state index in [4.69, 9.17) is 23.2 Å². The van der Waals surface area contributed by atoms with Crippen LogP contribution in [0.3, 0.4) is 0 Å². The van der Waals surface area contributed by atoms with E-state index in [1.807, 2.05) is 0 Å². The number of carbonyl (C=O) groups excluding carboxylic acids is 2. The van der Waals surface area contributed by atoms with Crippen LogP contribution in [-0.2, 0) is 4.79 Å². The normalized spacial score (nSPS) is 14.1. The average Bonchev–Trinajstić information content (AvgIpc) is 3.01. The summed E-state index contributed by atoms with van der Waals surface area (Å²) in [5.74, 6) is -2.69. The number of carbonyl (C=O) groups is 3. The highest BCUT2D eigenvalue weighted by atomic mass is 35.5. The number of aromatic carboxylic acids is 1. The van der Waals surface area contributed by atoms with Crippen LogP contribution in [0.5, 0.6) is 0 Å². The highest BCUT2D eigenvalue weighted by Crippen LogP contribution is 2.34. The van der Waals surface area contributed by atoms with Gasteiger partial charge in [0.15, 0.2) is 0 Å². The lowest BCUT2D eigenvalue weighted by Crippen LogP contribution is -2.36. The molecule has 0 bridgehead atoms. The first-order valence-electron chi connectivity index (χ1n) is 8.72. The van der Waals surface area contributed by atoms with Crippen molar-refractivity contribution in [1.82, 2.24) is 0 Å². The molecule has 0 spiro atoms. The van der Waals surface area contributed by atoms with Crippen molar-refractivity contribution in [3.63, 3.8) is 0 Å². The topological polar surface area (TPSA) is 87.0 Å². The fourth-order valence-corrected chi connectivity index (χ4v) is 3.63. The molecule has 30 heavy (non-hydrogen) atoms. The average molecular weight is 439 g/mol. The van der Waals surface area contributed by atoms with E-state index in [1.165, 1.54) is 30.3 Å². The predicted octanol–water partition coefficient (Wildman–Crippen LogP) is 5.00. The maximum atomic E-state index is 13.2. The second-order valence-electron chi connectivity index (χ2n) is 6.37. The Labute approximate surface area is 181 Å². The number of benzene rings is 3. The summed E-state index contributed by atoms with van der Waals surface area (Å²) in [5.41, 5.74) is 0.805. The van der Waals surface area contributed by atoms with Gasteiger partial charge in [0.25, 0.3) is 11.8 Å². The second kappa shape index (κ2) is 7.74. The third kappa shape index (κ3) is 3.36. The minimum absolute atomic E-state index is 0.0241. The van der Waals surface area contributed by atoms with E-state index < -0.39 is 17.8 Å². The van der Waals surface area contributed by atoms with Crippen molar-refractivity contribution in [2.24, 2.45) is 4.99 Å². The van der Waals surface area contributed by atoms with Crippen molar-refractivity contribution >= 4 is 58.1 Å². The van der Waals surface area contributed by atoms with E-state index in [0.717, 1.165) is 4.90 Å². The number of carboxylic acids is 1. The number of para-hydroxylation sites is 1. The Balaban J connectivity index is 1.84. The van der Waals surface area contributed by atoms with Gasteiger partial charge in [0.1, 0.15) is 5.71 Å². The van der Waals surface area contributed by atoms with Crippen LogP contribution in [0.1, 0.15) is 26.3 Å². The van der Waals surface area contributed by atoms with E-state index in [1.54, 1.807) is 36.4 Å². The standard InChI is InChI=1S/C22H12Cl2N2O4/c23-12-9-10-17(16(24)11-12)25-19-15-7-3-4-8-18(15)26(21(19)28)20(27)13-5-1-2-6-14(13)22(29)30/h1-11H,(H,29,30). The molecule has 0 aliphatic carbocycles. The molecule has 4 rings (SSSR count). The molecular formula is C22H12Cl2N2O4. The molecule has 1 aliphatic rings. The molecular weight excluding hydrogens is 427 g/mol. The van der Waals surface area contributed by atoms with Gasteiger partial charge in [-0.15, -0.1) is 0 Å². The summed E-state index contributed by atoms with van der Waals surface area (Å²) < 4.78 is 0. The first-order valence-corrected chi connectivity index (χ1v) is 9.48. The molecule has 0 atom stereocenters. The Morgan fingerprint density at radius 3 is 2.27 bits per heavy atom. The van der Waals surface area contributed by atoms with Crippen LogP contribution in [0.2, 0.25) is 10.0 Å². The third-order valence-corrected chi connectivity index (χ3v) is 5.08. The van der Waals surface area contributed by atoms with Crippen molar-refractivity contribution < 1.29 is 19.5 Å². The lowest BCUT2D eigenvalue weighted by atomic mass is 10.1. The van der Waals surface area contributed by atoms with Crippen LogP contribution in [0.15, 0.2) is 71.7 Å². The number of hydrogen-bond acceptors (Lipinski definition) is 4. The number of fused-ring (bicyclic) bond motifs is 1. The second-order valence-corrected chi connectivity index (χ2v) is 7.21. The number of anilines is 1. The zero-order valence-electron chi connectivity index (χ0n) is 15.2. The Morgan fingerprint density at radius 2 is 1.57 bits per heavy atom. The fourth-order valence-electron chi connectivity index (χ4n) is 3.18. The van der Waals surface area contributed by atoms with Crippen molar-refractivity contribution in [1.29, 1.82) is 0 Å². The largest absolute Gasteiger partial charge is 0.478 e. The van der Waals surface area contributed by atoms with Gasteiger partial charge in [-0.3, -0.25) is 9.59 Å². The van der Waals surface area contributed by atoms with Crippen LogP contribution >= 0.6 is 23.2 Å². The number of amides is 2. The Hall–Kier alpha value is -3.48. The van der Waals surface area contributed by atoms with Gasteiger partial charge in [0.2, 0.25) is 0 Å². The quantitative estimate of drug-likeness (QED) is 0.582. The summed E-state index contributed by atoms with van der Waals surface area (Å²) in [6.07, 6.45) is 0. The van der Waals surface area contributed by atoms with Gasteiger partial charge in [0, 0.05) is 10.6 Å². The lowest BCUT2D eigenvalue weighted by Gasteiger charge is -2.16. The zero-order valence-corrected chi connectivity index (χ0v) is 16.7. The number of hydrogen-bond donors (Lipinski definition) is 1. The number of carboxylic acid groups (broad SMARTS) is 1. The molecule has 1 aliphatic heterocycles. The van der Waals surface area contributed by atoms with Crippen molar-refractivity contribution in [2.45, 2.75) is 0 Å². The molecule has 0 aromatic heterocycles. The summed E-state index contributed by atoms with van der Waals surface area (Å²) in [6, 6.07) is 17.0. The molecule has 3 aromatic rings. The molecule has 0 fully saturated rings. The smallest absolute Gasteiger partial charge is 0.336 e. The van der Waals surface area contributed by atoms with Crippen LogP contribution in [0, 0.1) is 0 Å². The van der Waals surface area contributed by atoms with Gasteiger partial charge >= 0.3 is 5.97 Å². The molecule has 6 nitrogen and oxygen atoms in total. The molecule has 8 heteroatoms.